The minimum Gasteiger partial charge on any atom is -0.339 e. The fraction of sp³-hybridized carbons (Fsp3) is 0.895. The Morgan fingerprint density at radius 2 is 1.85 bits per heavy atom. The Morgan fingerprint density at radius 3 is 2.35 bits per heavy atom. The van der Waals surface area contributed by atoms with Crippen molar-refractivity contribution >= 4 is 21.8 Å². The van der Waals surface area contributed by atoms with E-state index in [-0.39, 0.29) is 29.2 Å². The van der Waals surface area contributed by atoms with Gasteiger partial charge in [-0.1, -0.05) is 34.1 Å². The number of likely N-dealkylation sites (tertiary alicyclic amines) is 1. The van der Waals surface area contributed by atoms with Crippen LogP contribution in [0, 0.1) is 16.7 Å². The van der Waals surface area contributed by atoms with Crippen LogP contribution in [0.2, 0.25) is 0 Å². The summed E-state index contributed by atoms with van der Waals surface area (Å²) in [5.41, 5.74) is -0.830. The highest BCUT2D eigenvalue weighted by molar-refractivity contribution is 7.90. The van der Waals surface area contributed by atoms with Gasteiger partial charge in [-0.05, 0) is 43.4 Å². The molecule has 6 nitrogen and oxygen atoms in total. The number of rotatable bonds is 6. The number of amides is 2. The molecule has 3 fully saturated rings. The van der Waals surface area contributed by atoms with E-state index in [9.17, 15) is 18.0 Å². The molecular formula is C19H32N2O4S. The molecule has 0 aromatic carbocycles. The lowest BCUT2D eigenvalue weighted by molar-refractivity contribution is -0.138. The SMILES string of the molecule is CCC1CC1(C(=O)NS(=O)(=O)C1CC1)C1CCCN1C(=O)CC(C)(C)C. The molecule has 26 heavy (non-hydrogen) atoms. The lowest BCUT2D eigenvalue weighted by atomic mass is 9.88. The zero-order valence-corrected chi connectivity index (χ0v) is 17.2. The van der Waals surface area contributed by atoms with Crippen LogP contribution < -0.4 is 4.72 Å². The van der Waals surface area contributed by atoms with Crippen molar-refractivity contribution in [3.05, 3.63) is 0 Å². The van der Waals surface area contributed by atoms with Crippen molar-refractivity contribution < 1.29 is 18.0 Å². The third-order valence-electron chi connectivity index (χ3n) is 6.12. The minimum atomic E-state index is -3.56. The molecule has 3 unspecified atom stereocenters. The summed E-state index contributed by atoms with van der Waals surface area (Å²) in [6.45, 7) is 8.80. The van der Waals surface area contributed by atoms with Crippen LogP contribution in [-0.2, 0) is 19.6 Å². The predicted molar refractivity (Wildman–Crippen MR) is 99.7 cm³/mol. The van der Waals surface area contributed by atoms with E-state index in [0.29, 0.717) is 32.2 Å². The first-order valence-corrected chi connectivity index (χ1v) is 11.4. The maximum atomic E-state index is 13.1. The molecule has 1 saturated heterocycles. The molecule has 0 spiro atoms. The largest absolute Gasteiger partial charge is 0.339 e. The molecule has 7 heteroatoms. The zero-order valence-electron chi connectivity index (χ0n) is 16.4. The van der Waals surface area contributed by atoms with Crippen LogP contribution in [0.25, 0.3) is 0 Å². The first-order chi connectivity index (χ1) is 12.0. The molecule has 1 N–H and O–H groups in total. The van der Waals surface area contributed by atoms with Crippen LogP contribution in [0.4, 0.5) is 0 Å². The summed E-state index contributed by atoms with van der Waals surface area (Å²) in [6, 6.07) is -0.170. The fourth-order valence-electron chi connectivity index (χ4n) is 4.54. The summed E-state index contributed by atoms with van der Waals surface area (Å²) >= 11 is 0. The van der Waals surface area contributed by atoms with E-state index in [1.54, 1.807) is 0 Å². The van der Waals surface area contributed by atoms with Crippen LogP contribution in [0.5, 0.6) is 0 Å². The molecule has 148 valence electrons. The van der Waals surface area contributed by atoms with E-state index in [1.165, 1.54) is 0 Å². The van der Waals surface area contributed by atoms with Crippen LogP contribution in [0.1, 0.15) is 72.6 Å². The van der Waals surface area contributed by atoms with Crippen molar-refractivity contribution in [2.24, 2.45) is 16.7 Å². The number of nitrogens with zero attached hydrogens (tertiary/aromatic N) is 1. The van der Waals surface area contributed by atoms with Crippen molar-refractivity contribution in [1.82, 2.24) is 9.62 Å². The summed E-state index contributed by atoms with van der Waals surface area (Å²) in [4.78, 5) is 27.8. The molecule has 2 aliphatic carbocycles. The normalized spacial score (nSPS) is 31.8. The maximum absolute atomic E-state index is 13.1. The highest BCUT2D eigenvalue weighted by Gasteiger charge is 2.66. The smallest absolute Gasteiger partial charge is 0.242 e. The second kappa shape index (κ2) is 6.50. The van der Waals surface area contributed by atoms with E-state index in [2.05, 4.69) is 4.72 Å². The van der Waals surface area contributed by atoms with Gasteiger partial charge >= 0.3 is 0 Å². The lowest BCUT2D eigenvalue weighted by Gasteiger charge is -2.34. The molecule has 1 aliphatic heterocycles. The van der Waals surface area contributed by atoms with Crippen molar-refractivity contribution in [3.63, 3.8) is 0 Å². The quantitative estimate of drug-likeness (QED) is 0.762. The number of hydrogen-bond acceptors (Lipinski definition) is 4. The minimum absolute atomic E-state index is 0.0824. The highest BCUT2D eigenvalue weighted by atomic mass is 32.2. The van der Waals surface area contributed by atoms with Gasteiger partial charge in [0.25, 0.3) is 0 Å². The molecule has 2 amide bonds. The molecule has 0 bridgehead atoms. The standard InChI is InChI=1S/C19H32N2O4S/c1-5-13-11-19(13,17(23)20-26(24,25)14-8-9-14)15-7-6-10-21(15)16(22)12-18(2,3)4/h13-15H,5-12H2,1-4H3,(H,20,23). The second-order valence-electron chi connectivity index (χ2n) is 9.51. The van der Waals surface area contributed by atoms with E-state index >= 15 is 0 Å². The van der Waals surface area contributed by atoms with Crippen LogP contribution in [0.3, 0.4) is 0 Å². The Labute approximate surface area is 157 Å². The van der Waals surface area contributed by atoms with Gasteiger partial charge in [-0.15, -0.1) is 0 Å². The van der Waals surface area contributed by atoms with E-state index in [1.807, 2.05) is 32.6 Å². The Kier molecular flexibility index (Phi) is 4.91. The molecule has 3 atom stereocenters. The number of carbonyl (C=O) groups excluding carboxylic acids is 2. The molecule has 0 radical (unpaired) electrons. The second-order valence-corrected chi connectivity index (χ2v) is 11.5. The maximum Gasteiger partial charge on any atom is 0.242 e. The zero-order chi connectivity index (χ0) is 19.3. The first kappa shape index (κ1) is 19.6. The Balaban J connectivity index is 1.80. The third kappa shape index (κ3) is 3.64. The van der Waals surface area contributed by atoms with E-state index in [0.717, 1.165) is 19.3 Å². The number of carbonyl (C=O) groups is 2. The highest BCUT2D eigenvalue weighted by Crippen LogP contribution is 2.60. The monoisotopic (exact) mass is 384 g/mol. The first-order valence-electron chi connectivity index (χ1n) is 9.87. The summed E-state index contributed by atoms with van der Waals surface area (Å²) in [7, 11) is -3.56. The fourth-order valence-corrected chi connectivity index (χ4v) is 5.91. The summed E-state index contributed by atoms with van der Waals surface area (Å²) in [5.74, 6) is -0.138. The molecule has 0 aromatic rings. The van der Waals surface area contributed by atoms with Gasteiger partial charge in [-0.3, -0.25) is 14.3 Å². The predicted octanol–water partition coefficient (Wildman–Crippen LogP) is 2.44. The number of nitrogens with one attached hydrogen (secondary N) is 1. The van der Waals surface area contributed by atoms with Gasteiger partial charge in [0.1, 0.15) is 0 Å². The summed E-state index contributed by atoms with van der Waals surface area (Å²) in [6.07, 6.45) is 4.87. The topological polar surface area (TPSA) is 83.6 Å². The van der Waals surface area contributed by atoms with Crippen molar-refractivity contribution in [1.29, 1.82) is 0 Å². The van der Waals surface area contributed by atoms with Crippen molar-refractivity contribution in [3.8, 4) is 0 Å². The Hall–Kier alpha value is -1.11. The molecule has 1 heterocycles. The average molecular weight is 385 g/mol. The van der Waals surface area contributed by atoms with Gasteiger partial charge < -0.3 is 4.90 Å². The summed E-state index contributed by atoms with van der Waals surface area (Å²) < 4.78 is 26.9. The van der Waals surface area contributed by atoms with Gasteiger partial charge in [0.05, 0.1) is 10.7 Å². The van der Waals surface area contributed by atoms with Crippen LogP contribution in [-0.4, -0.2) is 43.0 Å². The number of hydrogen-bond donors (Lipinski definition) is 1. The number of sulfonamides is 1. The molecule has 0 aromatic heterocycles. The average Bonchev–Trinajstić information content (AvgIpc) is 3.42. The van der Waals surface area contributed by atoms with Gasteiger partial charge in [-0.2, -0.15) is 0 Å². The lowest BCUT2D eigenvalue weighted by Crippen LogP contribution is -2.50. The Bertz CT molecular complexity index is 693. The van der Waals surface area contributed by atoms with Gasteiger partial charge in [-0.25, -0.2) is 8.42 Å². The van der Waals surface area contributed by atoms with Gasteiger partial charge in [0, 0.05) is 19.0 Å². The van der Waals surface area contributed by atoms with Crippen LogP contribution in [0.15, 0.2) is 0 Å². The van der Waals surface area contributed by atoms with E-state index < -0.39 is 20.7 Å². The molecular weight excluding hydrogens is 352 g/mol. The van der Waals surface area contributed by atoms with Crippen LogP contribution >= 0.6 is 0 Å². The molecule has 2 saturated carbocycles. The van der Waals surface area contributed by atoms with Gasteiger partial charge in [0.15, 0.2) is 0 Å². The molecule has 3 rings (SSSR count). The molecule has 3 aliphatic rings. The van der Waals surface area contributed by atoms with E-state index in [4.69, 9.17) is 0 Å². The Morgan fingerprint density at radius 1 is 1.19 bits per heavy atom. The van der Waals surface area contributed by atoms with Crippen molar-refractivity contribution in [2.45, 2.75) is 83.9 Å². The summed E-state index contributed by atoms with van der Waals surface area (Å²) in [5, 5.41) is -0.412. The van der Waals surface area contributed by atoms with Gasteiger partial charge in [0.2, 0.25) is 21.8 Å². The van der Waals surface area contributed by atoms with Crippen molar-refractivity contribution in [2.75, 3.05) is 6.54 Å². The third-order valence-corrected chi connectivity index (χ3v) is 7.93.